The second kappa shape index (κ2) is 7.97. The average molecular weight is 398 g/mol. The SMILES string of the molecule is C=C/C=C(\C=C)c1cccc(-c2ccc3c(c2)c2ccccc2n3-c2ccccc2)c1. The lowest BCUT2D eigenvalue weighted by Gasteiger charge is -2.09. The van der Waals surface area contributed by atoms with Gasteiger partial charge in [0.2, 0.25) is 0 Å². The minimum absolute atomic E-state index is 1.07. The molecule has 1 heteroatoms. The second-order valence-electron chi connectivity index (χ2n) is 7.56. The Morgan fingerprint density at radius 1 is 0.645 bits per heavy atom. The lowest BCUT2D eigenvalue weighted by molar-refractivity contribution is 1.18. The molecule has 0 radical (unpaired) electrons. The molecule has 31 heavy (non-hydrogen) atoms. The van der Waals surface area contributed by atoms with E-state index < -0.39 is 0 Å². The van der Waals surface area contributed by atoms with Crippen LogP contribution in [0.3, 0.4) is 0 Å². The van der Waals surface area contributed by atoms with E-state index >= 15 is 0 Å². The van der Waals surface area contributed by atoms with E-state index in [-0.39, 0.29) is 0 Å². The molecule has 0 N–H and O–H groups in total. The summed E-state index contributed by atoms with van der Waals surface area (Å²) in [6.07, 6.45) is 5.66. The van der Waals surface area contributed by atoms with Crippen LogP contribution in [-0.4, -0.2) is 4.57 Å². The molecular weight excluding hydrogens is 374 g/mol. The molecule has 5 aromatic rings. The molecule has 0 amide bonds. The average Bonchev–Trinajstić information content (AvgIpc) is 3.17. The van der Waals surface area contributed by atoms with Crippen molar-refractivity contribution in [2.45, 2.75) is 0 Å². The first kappa shape index (κ1) is 18.9. The van der Waals surface area contributed by atoms with E-state index in [1.54, 1.807) is 6.08 Å². The van der Waals surface area contributed by atoms with Gasteiger partial charge in [0.25, 0.3) is 0 Å². The molecule has 0 saturated heterocycles. The fraction of sp³-hybridized carbons (Fsp3) is 0. The predicted molar refractivity (Wildman–Crippen MR) is 135 cm³/mol. The Balaban J connectivity index is 1.72. The summed E-state index contributed by atoms with van der Waals surface area (Å²) in [4.78, 5) is 0. The van der Waals surface area contributed by atoms with E-state index in [2.05, 4.69) is 115 Å². The predicted octanol–water partition coefficient (Wildman–Crippen LogP) is 8.21. The van der Waals surface area contributed by atoms with Crippen molar-refractivity contribution in [3.05, 3.63) is 134 Å². The van der Waals surface area contributed by atoms with Gasteiger partial charge in [-0.15, -0.1) is 0 Å². The molecule has 0 saturated carbocycles. The Labute approximate surface area is 182 Å². The van der Waals surface area contributed by atoms with Gasteiger partial charge in [-0.05, 0) is 58.7 Å². The van der Waals surface area contributed by atoms with Crippen molar-refractivity contribution in [2.75, 3.05) is 0 Å². The highest BCUT2D eigenvalue weighted by Crippen LogP contribution is 2.35. The summed E-state index contributed by atoms with van der Waals surface area (Å²) in [6.45, 7) is 7.76. The molecule has 1 nitrogen and oxygen atoms in total. The summed E-state index contributed by atoms with van der Waals surface area (Å²) >= 11 is 0. The molecule has 0 aliphatic carbocycles. The zero-order valence-electron chi connectivity index (χ0n) is 17.3. The first-order valence-corrected chi connectivity index (χ1v) is 10.4. The van der Waals surface area contributed by atoms with Gasteiger partial charge < -0.3 is 4.57 Å². The van der Waals surface area contributed by atoms with Gasteiger partial charge in [0.05, 0.1) is 11.0 Å². The van der Waals surface area contributed by atoms with E-state index in [1.165, 1.54) is 38.6 Å². The van der Waals surface area contributed by atoms with Crippen LogP contribution in [0.25, 0.3) is 44.2 Å². The van der Waals surface area contributed by atoms with Crippen LogP contribution < -0.4 is 0 Å². The van der Waals surface area contributed by atoms with Crippen LogP contribution in [0.4, 0.5) is 0 Å². The maximum absolute atomic E-state index is 3.95. The van der Waals surface area contributed by atoms with Gasteiger partial charge in [-0.1, -0.05) is 92.0 Å². The van der Waals surface area contributed by atoms with Gasteiger partial charge in [0.1, 0.15) is 0 Å². The van der Waals surface area contributed by atoms with Crippen molar-refractivity contribution in [1.82, 2.24) is 4.57 Å². The molecule has 0 fully saturated rings. The van der Waals surface area contributed by atoms with E-state index in [9.17, 15) is 0 Å². The van der Waals surface area contributed by atoms with Crippen LogP contribution in [0.2, 0.25) is 0 Å². The standard InChI is InChI=1S/C30H23N/c1-3-11-22(4-2)23-12-10-13-24(20-23)25-18-19-30-28(21-25)27-16-8-9-17-29(27)31(30)26-14-6-5-7-15-26/h3-21H,1-2H2/b22-11+. The van der Waals surface area contributed by atoms with Crippen molar-refractivity contribution in [3.63, 3.8) is 0 Å². The summed E-state index contributed by atoms with van der Waals surface area (Å²) < 4.78 is 2.34. The Bertz CT molecular complexity index is 1450. The highest BCUT2D eigenvalue weighted by atomic mass is 15.0. The molecule has 1 heterocycles. The quantitative estimate of drug-likeness (QED) is 0.263. The minimum Gasteiger partial charge on any atom is -0.309 e. The topological polar surface area (TPSA) is 4.93 Å². The molecule has 1 aromatic heterocycles. The number of rotatable bonds is 5. The fourth-order valence-electron chi connectivity index (χ4n) is 4.30. The van der Waals surface area contributed by atoms with Crippen LogP contribution in [0.15, 0.2) is 128 Å². The lowest BCUT2D eigenvalue weighted by atomic mass is 9.97. The summed E-state index contributed by atoms with van der Waals surface area (Å²) in [6, 6.07) is 34.5. The van der Waals surface area contributed by atoms with Crippen LogP contribution in [-0.2, 0) is 0 Å². The van der Waals surface area contributed by atoms with Crippen molar-refractivity contribution >= 4 is 27.4 Å². The van der Waals surface area contributed by atoms with Crippen LogP contribution in [0.5, 0.6) is 0 Å². The van der Waals surface area contributed by atoms with Crippen molar-refractivity contribution in [1.29, 1.82) is 0 Å². The Morgan fingerprint density at radius 2 is 1.39 bits per heavy atom. The zero-order valence-corrected chi connectivity index (χ0v) is 17.3. The molecular formula is C30H23N. The first-order chi connectivity index (χ1) is 15.3. The number of nitrogens with zero attached hydrogens (tertiary/aromatic N) is 1. The van der Waals surface area contributed by atoms with Gasteiger partial charge in [0.15, 0.2) is 0 Å². The number of hydrogen-bond donors (Lipinski definition) is 0. The van der Waals surface area contributed by atoms with E-state index in [0.717, 1.165) is 11.1 Å². The maximum atomic E-state index is 3.95. The highest BCUT2D eigenvalue weighted by Gasteiger charge is 2.13. The van der Waals surface area contributed by atoms with Crippen molar-refractivity contribution < 1.29 is 0 Å². The third-order valence-electron chi connectivity index (χ3n) is 5.73. The molecule has 0 bridgehead atoms. The Hall–Kier alpha value is -4.10. The van der Waals surface area contributed by atoms with Crippen LogP contribution >= 0.6 is 0 Å². The summed E-state index contributed by atoms with van der Waals surface area (Å²) in [7, 11) is 0. The first-order valence-electron chi connectivity index (χ1n) is 10.4. The number of allylic oxidation sites excluding steroid dienone is 4. The summed E-state index contributed by atoms with van der Waals surface area (Å²) in [5.74, 6) is 0. The van der Waals surface area contributed by atoms with E-state index in [0.29, 0.717) is 0 Å². The largest absolute Gasteiger partial charge is 0.309 e. The summed E-state index contributed by atoms with van der Waals surface area (Å²) in [5.41, 5.74) is 8.20. The number of benzene rings is 4. The van der Waals surface area contributed by atoms with Gasteiger partial charge >= 0.3 is 0 Å². The van der Waals surface area contributed by atoms with Gasteiger partial charge in [0, 0.05) is 16.5 Å². The fourth-order valence-corrected chi connectivity index (χ4v) is 4.30. The Morgan fingerprint density at radius 3 is 2.19 bits per heavy atom. The van der Waals surface area contributed by atoms with E-state index in [4.69, 9.17) is 0 Å². The second-order valence-corrected chi connectivity index (χ2v) is 7.56. The Kier molecular flexibility index (Phi) is 4.86. The molecule has 0 unspecified atom stereocenters. The summed E-state index contributed by atoms with van der Waals surface area (Å²) in [5, 5.41) is 2.52. The normalized spacial score (nSPS) is 11.7. The molecule has 148 valence electrons. The molecule has 5 rings (SSSR count). The van der Waals surface area contributed by atoms with Gasteiger partial charge in [-0.25, -0.2) is 0 Å². The highest BCUT2D eigenvalue weighted by molar-refractivity contribution is 6.10. The molecule has 4 aromatic carbocycles. The number of para-hydroxylation sites is 2. The van der Waals surface area contributed by atoms with Gasteiger partial charge in [-0.3, -0.25) is 0 Å². The minimum atomic E-state index is 1.07. The number of hydrogen-bond acceptors (Lipinski definition) is 0. The molecule has 0 aliphatic heterocycles. The molecule has 0 spiro atoms. The maximum Gasteiger partial charge on any atom is 0.0541 e. The van der Waals surface area contributed by atoms with Gasteiger partial charge in [-0.2, -0.15) is 0 Å². The van der Waals surface area contributed by atoms with Crippen LogP contribution in [0, 0.1) is 0 Å². The van der Waals surface area contributed by atoms with Crippen molar-refractivity contribution in [3.8, 4) is 16.8 Å². The number of aromatic nitrogens is 1. The third-order valence-corrected chi connectivity index (χ3v) is 5.73. The van der Waals surface area contributed by atoms with Crippen LogP contribution in [0.1, 0.15) is 5.56 Å². The van der Waals surface area contributed by atoms with E-state index in [1.807, 2.05) is 12.2 Å². The molecule has 0 atom stereocenters. The smallest absolute Gasteiger partial charge is 0.0541 e. The lowest BCUT2D eigenvalue weighted by Crippen LogP contribution is -1.92. The number of fused-ring (bicyclic) bond motifs is 3. The monoisotopic (exact) mass is 397 g/mol. The van der Waals surface area contributed by atoms with Crippen molar-refractivity contribution in [2.24, 2.45) is 0 Å². The third kappa shape index (κ3) is 3.31. The zero-order chi connectivity index (χ0) is 21.2. The molecule has 0 aliphatic rings.